The molecule has 0 saturated carbocycles. The standard InChI is InChI=1S/C13H20N2O4/c1-17-6-3-7-18-8-9-19-11-5-2-4-10(12(11)14)13(15)16/h2,4-5H,3,6-9,14H2,1H3,(H2,15,16). The molecule has 0 aliphatic heterocycles. The van der Waals surface area contributed by atoms with Gasteiger partial charge in [0, 0.05) is 20.3 Å². The van der Waals surface area contributed by atoms with Crippen LogP contribution in [-0.2, 0) is 9.47 Å². The predicted octanol–water partition coefficient (Wildman–Crippen LogP) is 0.800. The van der Waals surface area contributed by atoms with Gasteiger partial charge in [-0.05, 0) is 18.6 Å². The highest BCUT2D eigenvalue weighted by Gasteiger charge is 2.09. The minimum Gasteiger partial charge on any atom is -0.489 e. The van der Waals surface area contributed by atoms with Crippen LogP contribution in [-0.4, -0.2) is 39.4 Å². The number of carbonyl (C=O) groups excluding carboxylic acids is 1. The number of ether oxygens (including phenoxy) is 3. The first kappa shape index (κ1) is 15.3. The largest absolute Gasteiger partial charge is 0.489 e. The average Bonchev–Trinajstić information content (AvgIpc) is 2.39. The quantitative estimate of drug-likeness (QED) is 0.510. The lowest BCUT2D eigenvalue weighted by molar-refractivity contribution is 0.0808. The number of primary amides is 1. The predicted molar refractivity (Wildman–Crippen MR) is 72.2 cm³/mol. The lowest BCUT2D eigenvalue weighted by Gasteiger charge is -2.11. The number of amides is 1. The Morgan fingerprint density at radius 1 is 1.21 bits per heavy atom. The van der Waals surface area contributed by atoms with Crippen LogP contribution in [0.25, 0.3) is 0 Å². The Balaban J connectivity index is 2.33. The fourth-order valence-corrected chi connectivity index (χ4v) is 1.50. The number of methoxy groups -OCH3 is 1. The van der Waals surface area contributed by atoms with Crippen molar-refractivity contribution in [1.29, 1.82) is 0 Å². The molecule has 1 amide bonds. The molecule has 0 atom stereocenters. The monoisotopic (exact) mass is 268 g/mol. The summed E-state index contributed by atoms with van der Waals surface area (Å²) < 4.78 is 15.7. The molecule has 0 saturated heterocycles. The van der Waals surface area contributed by atoms with E-state index in [4.69, 9.17) is 25.7 Å². The lowest BCUT2D eigenvalue weighted by Crippen LogP contribution is -2.15. The number of carbonyl (C=O) groups is 1. The van der Waals surface area contributed by atoms with Gasteiger partial charge in [0.05, 0.1) is 17.9 Å². The van der Waals surface area contributed by atoms with Crippen molar-refractivity contribution in [2.24, 2.45) is 5.73 Å². The highest BCUT2D eigenvalue weighted by Crippen LogP contribution is 2.24. The van der Waals surface area contributed by atoms with Gasteiger partial charge in [-0.3, -0.25) is 4.79 Å². The van der Waals surface area contributed by atoms with Crippen molar-refractivity contribution < 1.29 is 19.0 Å². The smallest absolute Gasteiger partial charge is 0.250 e. The van der Waals surface area contributed by atoms with Gasteiger partial charge in [0.25, 0.3) is 5.91 Å². The minimum atomic E-state index is -0.571. The van der Waals surface area contributed by atoms with Crippen molar-refractivity contribution in [3.05, 3.63) is 23.8 Å². The van der Waals surface area contributed by atoms with E-state index >= 15 is 0 Å². The van der Waals surface area contributed by atoms with Crippen molar-refractivity contribution in [3.63, 3.8) is 0 Å². The van der Waals surface area contributed by atoms with Crippen LogP contribution >= 0.6 is 0 Å². The molecule has 0 bridgehead atoms. The average molecular weight is 268 g/mol. The summed E-state index contributed by atoms with van der Waals surface area (Å²) in [6, 6.07) is 4.92. The summed E-state index contributed by atoms with van der Waals surface area (Å²) >= 11 is 0. The van der Waals surface area contributed by atoms with Gasteiger partial charge < -0.3 is 25.7 Å². The Kier molecular flexibility index (Phi) is 6.70. The van der Waals surface area contributed by atoms with E-state index in [2.05, 4.69) is 0 Å². The number of rotatable bonds is 9. The van der Waals surface area contributed by atoms with E-state index in [0.717, 1.165) is 6.42 Å². The molecular weight excluding hydrogens is 248 g/mol. The van der Waals surface area contributed by atoms with E-state index in [1.807, 2.05) is 0 Å². The van der Waals surface area contributed by atoms with Crippen LogP contribution in [0.5, 0.6) is 5.75 Å². The van der Waals surface area contributed by atoms with E-state index in [1.165, 1.54) is 0 Å². The first-order valence-electron chi connectivity index (χ1n) is 6.04. The normalized spacial score (nSPS) is 10.4. The molecule has 6 nitrogen and oxygen atoms in total. The summed E-state index contributed by atoms with van der Waals surface area (Å²) in [6.07, 6.45) is 0.843. The molecule has 6 heteroatoms. The third-order valence-corrected chi connectivity index (χ3v) is 2.45. The third-order valence-electron chi connectivity index (χ3n) is 2.45. The maximum atomic E-state index is 11.1. The molecule has 0 spiro atoms. The van der Waals surface area contributed by atoms with Crippen molar-refractivity contribution in [3.8, 4) is 5.75 Å². The van der Waals surface area contributed by atoms with E-state index < -0.39 is 5.91 Å². The molecule has 0 radical (unpaired) electrons. The maximum Gasteiger partial charge on any atom is 0.250 e. The van der Waals surface area contributed by atoms with E-state index in [-0.39, 0.29) is 11.3 Å². The summed E-state index contributed by atoms with van der Waals surface area (Å²) in [4.78, 5) is 11.1. The molecule has 0 unspecified atom stereocenters. The third kappa shape index (κ3) is 5.15. The van der Waals surface area contributed by atoms with Crippen LogP contribution in [0.1, 0.15) is 16.8 Å². The van der Waals surface area contributed by atoms with Crippen molar-refractivity contribution >= 4 is 11.6 Å². The first-order valence-corrected chi connectivity index (χ1v) is 6.04. The fourth-order valence-electron chi connectivity index (χ4n) is 1.50. The summed E-state index contributed by atoms with van der Waals surface area (Å²) in [7, 11) is 1.65. The zero-order chi connectivity index (χ0) is 14.1. The molecule has 19 heavy (non-hydrogen) atoms. The molecule has 4 N–H and O–H groups in total. The Morgan fingerprint density at radius 2 is 2.00 bits per heavy atom. The number of nitrogens with two attached hydrogens (primary N) is 2. The lowest BCUT2D eigenvalue weighted by atomic mass is 10.1. The van der Waals surface area contributed by atoms with E-state index in [1.54, 1.807) is 25.3 Å². The molecule has 0 aliphatic rings. The molecule has 106 valence electrons. The molecule has 1 rings (SSSR count). The second-order valence-electron chi connectivity index (χ2n) is 3.89. The first-order chi connectivity index (χ1) is 9.16. The highest BCUT2D eigenvalue weighted by molar-refractivity contribution is 5.99. The van der Waals surface area contributed by atoms with Gasteiger partial charge in [0.1, 0.15) is 12.4 Å². The number of hydrogen-bond acceptors (Lipinski definition) is 5. The van der Waals surface area contributed by atoms with Gasteiger partial charge in [-0.2, -0.15) is 0 Å². The van der Waals surface area contributed by atoms with E-state index in [9.17, 15) is 4.79 Å². The maximum absolute atomic E-state index is 11.1. The van der Waals surface area contributed by atoms with Crippen LogP contribution in [0.3, 0.4) is 0 Å². The zero-order valence-corrected chi connectivity index (χ0v) is 11.1. The number of benzene rings is 1. The van der Waals surface area contributed by atoms with Gasteiger partial charge in [-0.1, -0.05) is 6.07 Å². The van der Waals surface area contributed by atoms with Crippen molar-refractivity contribution in [2.45, 2.75) is 6.42 Å². The molecule has 0 heterocycles. The molecular formula is C13H20N2O4. The fraction of sp³-hybridized carbons (Fsp3) is 0.462. The molecule has 0 aliphatic carbocycles. The van der Waals surface area contributed by atoms with E-state index in [0.29, 0.717) is 32.2 Å². The van der Waals surface area contributed by atoms with Crippen LogP contribution in [0.4, 0.5) is 5.69 Å². The Morgan fingerprint density at radius 3 is 2.68 bits per heavy atom. The van der Waals surface area contributed by atoms with Crippen LogP contribution in [0.2, 0.25) is 0 Å². The molecule has 1 aromatic carbocycles. The van der Waals surface area contributed by atoms with Crippen LogP contribution in [0.15, 0.2) is 18.2 Å². The number of hydrogen-bond donors (Lipinski definition) is 2. The van der Waals surface area contributed by atoms with Gasteiger partial charge >= 0.3 is 0 Å². The summed E-state index contributed by atoms with van der Waals surface area (Å²) in [5, 5.41) is 0. The van der Waals surface area contributed by atoms with Crippen LogP contribution in [0, 0.1) is 0 Å². The Bertz CT molecular complexity index is 410. The van der Waals surface area contributed by atoms with Gasteiger partial charge in [-0.15, -0.1) is 0 Å². The topological polar surface area (TPSA) is 96.8 Å². The molecule has 0 fully saturated rings. The Labute approximate surface area is 112 Å². The summed E-state index contributed by atoms with van der Waals surface area (Å²) in [5.41, 5.74) is 11.5. The molecule has 1 aromatic rings. The summed E-state index contributed by atoms with van der Waals surface area (Å²) in [6.45, 7) is 2.10. The van der Waals surface area contributed by atoms with Gasteiger partial charge in [-0.25, -0.2) is 0 Å². The van der Waals surface area contributed by atoms with Crippen molar-refractivity contribution in [1.82, 2.24) is 0 Å². The number of anilines is 1. The number of para-hydroxylation sites is 1. The van der Waals surface area contributed by atoms with Gasteiger partial charge in [0.15, 0.2) is 0 Å². The van der Waals surface area contributed by atoms with Gasteiger partial charge in [0.2, 0.25) is 0 Å². The minimum absolute atomic E-state index is 0.259. The number of nitrogen functional groups attached to an aromatic ring is 1. The highest BCUT2D eigenvalue weighted by atomic mass is 16.5. The Hall–Kier alpha value is -1.79. The second kappa shape index (κ2) is 8.34. The molecule has 0 aromatic heterocycles. The summed E-state index contributed by atoms with van der Waals surface area (Å²) in [5.74, 6) is -0.129. The zero-order valence-electron chi connectivity index (χ0n) is 11.1. The van der Waals surface area contributed by atoms with Crippen LogP contribution < -0.4 is 16.2 Å². The SMILES string of the molecule is COCCCOCCOc1cccc(C(N)=O)c1N. The second-order valence-corrected chi connectivity index (χ2v) is 3.89. The van der Waals surface area contributed by atoms with Crippen molar-refractivity contribution in [2.75, 3.05) is 39.3 Å².